The van der Waals surface area contributed by atoms with E-state index in [2.05, 4.69) is 50.7 Å². The van der Waals surface area contributed by atoms with Crippen LogP contribution in [0.2, 0.25) is 0 Å². The lowest BCUT2D eigenvalue weighted by Crippen LogP contribution is -2.35. The van der Waals surface area contributed by atoms with E-state index in [4.69, 9.17) is 0 Å². The van der Waals surface area contributed by atoms with Crippen molar-refractivity contribution in [2.45, 2.75) is 33.2 Å². The summed E-state index contributed by atoms with van der Waals surface area (Å²) in [6.07, 6.45) is 6.08. The van der Waals surface area contributed by atoms with Crippen LogP contribution in [-0.2, 0) is 6.54 Å². The second-order valence-corrected chi connectivity index (χ2v) is 6.26. The molecular formula is C18H25N5. The Morgan fingerprint density at radius 1 is 1.26 bits per heavy atom. The molecule has 2 aromatic rings. The number of hydrogen-bond donors (Lipinski definition) is 0. The van der Waals surface area contributed by atoms with E-state index in [1.807, 2.05) is 18.3 Å². The van der Waals surface area contributed by atoms with Gasteiger partial charge in [0.05, 0.1) is 12.2 Å². The average Bonchev–Trinajstić information content (AvgIpc) is 2.61. The van der Waals surface area contributed by atoms with Crippen molar-refractivity contribution in [3.8, 4) is 0 Å². The standard InChI is InChI=1S/C18H25N5/c1-3-22(13-16-8-4-5-9-19-16)17-11-18(21-14-20-17)23-10-6-7-15(2)12-23/h4-5,8-9,11,14-15H,3,6-7,10,12-13H2,1-2H3. The minimum atomic E-state index is 0.734. The van der Waals surface area contributed by atoms with Gasteiger partial charge < -0.3 is 9.80 Å². The third-order valence-corrected chi connectivity index (χ3v) is 4.40. The fraction of sp³-hybridized carbons (Fsp3) is 0.500. The second-order valence-electron chi connectivity index (χ2n) is 6.26. The minimum Gasteiger partial charge on any atom is -0.356 e. The van der Waals surface area contributed by atoms with E-state index < -0.39 is 0 Å². The summed E-state index contributed by atoms with van der Waals surface area (Å²) < 4.78 is 0. The van der Waals surface area contributed by atoms with Crippen LogP contribution in [0.4, 0.5) is 11.6 Å². The number of rotatable bonds is 5. The molecule has 1 atom stereocenters. The molecule has 2 aromatic heterocycles. The number of aromatic nitrogens is 3. The summed E-state index contributed by atoms with van der Waals surface area (Å²) in [4.78, 5) is 18.0. The molecule has 122 valence electrons. The third-order valence-electron chi connectivity index (χ3n) is 4.40. The monoisotopic (exact) mass is 311 g/mol. The molecule has 0 spiro atoms. The first-order chi connectivity index (χ1) is 11.3. The summed E-state index contributed by atoms with van der Waals surface area (Å²) in [6.45, 7) is 8.30. The SMILES string of the molecule is CCN(Cc1ccccn1)c1cc(N2CCCC(C)C2)ncn1. The van der Waals surface area contributed by atoms with Crippen molar-refractivity contribution < 1.29 is 0 Å². The fourth-order valence-corrected chi connectivity index (χ4v) is 3.12. The van der Waals surface area contributed by atoms with Gasteiger partial charge in [-0.2, -0.15) is 0 Å². The van der Waals surface area contributed by atoms with Gasteiger partial charge in [-0.3, -0.25) is 4.98 Å². The van der Waals surface area contributed by atoms with Gasteiger partial charge in [-0.15, -0.1) is 0 Å². The lowest BCUT2D eigenvalue weighted by Gasteiger charge is -2.32. The molecule has 1 unspecified atom stereocenters. The maximum Gasteiger partial charge on any atom is 0.134 e. The molecule has 1 fully saturated rings. The lowest BCUT2D eigenvalue weighted by molar-refractivity contribution is 0.444. The van der Waals surface area contributed by atoms with Gasteiger partial charge >= 0.3 is 0 Å². The maximum absolute atomic E-state index is 4.49. The van der Waals surface area contributed by atoms with Gasteiger partial charge in [0, 0.05) is 31.9 Å². The smallest absolute Gasteiger partial charge is 0.134 e. The third kappa shape index (κ3) is 3.97. The van der Waals surface area contributed by atoms with Crippen LogP contribution in [0.3, 0.4) is 0 Å². The molecule has 5 heteroatoms. The predicted molar refractivity (Wildman–Crippen MR) is 93.6 cm³/mol. The maximum atomic E-state index is 4.49. The summed E-state index contributed by atoms with van der Waals surface area (Å²) in [5.74, 6) is 2.75. The number of hydrogen-bond acceptors (Lipinski definition) is 5. The highest BCUT2D eigenvalue weighted by atomic mass is 15.2. The number of nitrogens with zero attached hydrogens (tertiary/aromatic N) is 5. The number of pyridine rings is 1. The largest absolute Gasteiger partial charge is 0.356 e. The van der Waals surface area contributed by atoms with Gasteiger partial charge in [-0.1, -0.05) is 13.0 Å². The number of anilines is 2. The van der Waals surface area contributed by atoms with Crippen molar-refractivity contribution in [2.75, 3.05) is 29.4 Å². The molecule has 0 bridgehead atoms. The summed E-state index contributed by atoms with van der Waals surface area (Å²) in [5, 5.41) is 0. The molecule has 1 aliphatic rings. The molecule has 23 heavy (non-hydrogen) atoms. The van der Waals surface area contributed by atoms with E-state index >= 15 is 0 Å². The van der Waals surface area contributed by atoms with E-state index in [0.717, 1.165) is 49.4 Å². The Morgan fingerprint density at radius 2 is 2.17 bits per heavy atom. The molecule has 0 aromatic carbocycles. The Hall–Kier alpha value is -2.17. The van der Waals surface area contributed by atoms with Crippen molar-refractivity contribution in [1.82, 2.24) is 15.0 Å². The molecule has 3 rings (SSSR count). The highest BCUT2D eigenvalue weighted by Crippen LogP contribution is 2.24. The van der Waals surface area contributed by atoms with Gasteiger partial charge in [0.1, 0.15) is 18.0 Å². The Balaban J connectivity index is 1.77. The highest BCUT2D eigenvalue weighted by molar-refractivity contribution is 5.50. The van der Waals surface area contributed by atoms with Gasteiger partial charge in [0.25, 0.3) is 0 Å². The van der Waals surface area contributed by atoms with E-state index in [-0.39, 0.29) is 0 Å². The zero-order valence-electron chi connectivity index (χ0n) is 14.0. The Labute approximate surface area is 138 Å². The molecule has 1 aliphatic heterocycles. The van der Waals surface area contributed by atoms with Crippen LogP contribution in [0.5, 0.6) is 0 Å². The molecule has 0 saturated carbocycles. The van der Waals surface area contributed by atoms with Crippen molar-refractivity contribution in [2.24, 2.45) is 5.92 Å². The van der Waals surface area contributed by atoms with Crippen molar-refractivity contribution in [3.05, 3.63) is 42.5 Å². The molecule has 5 nitrogen and oxygen atoms in total. The van der Waals surface area contributed by atoms with Crippen LogP contribution in [0, 0.1) is 5.92 Å². The molecule has 0 radical (unpaired) electrons. The minimum absolute atomic E-state index is 0.734. The van der Waals surface area contributed by atoms with Crippen LogP contribution in [0.25, 0.3) is 0 Å². The van der Waals surface area contributed by atoms with Crippen LogP contribution in [0.1, 0.15) is 32.4 Å². The van der Waals surface area contributed by atoms with Crippen LogP contribution < -0.4 is 9.80 Å². The first-order valence-corrected chi connectivity index (χ1v) is 8.48. The second kappa shape index (κ2) is 7.40. The topological polar surface area (TPSA) is 45.2 Å². The zero-order valence-corrected chi connectivity index (χ0v) is 14.0. The van der Waals surface area contributed by atoms with Crippen molar-refractivity contribution >= 4 is 11.6 Å². The van der Waals surface area contributed by atoms with Crippen LogP contribution in [-0.4, -0.2) is 34.6 Å². The highest BCUT2D eigenvalue weighted by Gasteiger charge is 2.18. The first-order valence-electron chi connectivity index (χ1n) is 8.48. The summed E-state index contributed by atoms with van der Waals surface area (Å²) >= 11 is 0. The first kappa shape index (κ1) is 15.7. The Kier molecular flexibility index (Phi) is 5.05. The summed E-state index contributed by atoms with van der Waals surface area (Å²) in [7, 11) is 0. The van der Waals surface area contributed by atoms with Gasteiger partial charge in [-0.25, -0.2) is 9.97 Å². The normalized spacial score (nSPS) is 18.0. The molecule has 3 heterocycles. The van der Waals surface area contributed by atoms with Crippen LogP contribution >= 0.6 is 0 Å². The lowest BCUT2D eigenvalue weighted by atomic mass is 10.0. The molecular weight excluding hydrogens is 286 g/mol. The quantitative estimate of drug-likeness (QED) is 0.849. The fourth-order valence-electron chi connectivity index (χ4n) is 3.12. The Bertz CT molecular complexity index is 616. The number of piperidine rings is 1. The van der Waals surface area contributed by atoms with Gasteiger partial charge in [0.2, 0.25) is 0 Å². The van der Waals surface area contributed by atoms with E-state index in [0.29, 0.717) is 0 Å². The summed E-state index contributed by atoms with van der Waals surface area (Å²) in [5.41, 5.74) is 1.06. The van der Waals surface area contributed by atoms with Gasteiger partial charge in [-0.05, 0) is 37.8 Å². The molecule has 0 amide bonds. The van der Waals surface area contributed by atoms with Gasteiger partial charge in [0.15, 0.2) is 0 Å². The average molecular weight is 311 g/mol. The Morgan fingerprint density at radius 3 is 2.91 bits per heavy atom. The van der Waals surface area contributed by atoms with E-state index in [1.165, 1.54) is 12.8 Å². The van der Waals surface area contributed by atoms with Crippen LogP contribution in [0.15, 0.2) is 36.8 Å². The van der Waals surface area contributed by atoms with E-state index in [9.17, 15) is 0 Å². The predicted octanol–water partition coefficient (Wildman–Crippen LogP) is 3.13. The molecule has 0 N–H and O–H groups in total. The van der Waals surface area contributed by atoms with Crippen molar-refractivity contribution in [1.29, 1.82) is 0 Å². The zero-order chi connectivity index (χ0) is 16.1. The molecule has 1 saturated heterocycles. The van der Waals surface area contributed by atoms with Crippen molar-refractivity contribution in [3.63, 3.8) is 0 Å². The van der Waals surface area contributed by atoms with E-state index in [1.54, 1.807) is 6.33 Å². The summed E-state index contributed by atoms with van der Waals surface area (Å²) in [6, 6.07) is 8.14. The molecule has 0 aliphatic carbocycles.